The zero-order valence-corrected chi connectivity index (χ0v) is 11.2. The summed E-state index contributed by atoms with van der Waals surface area (Å²) in [4.78, 5) is 16.4. The van der Waals surface area contributed by atoms with E-state index in [0.29, 0.717) is 26.1 Å². The van der Waals surface area contributed by atoms with E-state index in [0.717, 1.165) is 26.2 Å². The second-order valence-electron chi connectivity index (χ2n) is 4.86. The second-order valence-corrected chi connectivity index (χ2v) is 4.86. The number of piperazine rings is 1. The summed E-state index contributed by atoms with van der Waals surface area (Å²) in [7, 11) is 2.08. The molecule has 2 saturated heterocycles. The third-order valence-corrected chi connectivity index (χ3v) is 3.60. The van der Waals surface area contributed by atoms with Gasteiger partial charge in [-0.2, -0.15) is 0 Å². The highest BCUT2D eigenvalue weighted by Crippen LogP contribution is 2.21. The Morgan fingerprint density at radius 3 is 2.24 bits per heavy atom. The van der Waals surface area contributed by atoms with Crippen LogP contribution in [-0.4, -0.2) is 67.7 Å². The van der Waals surface area contributed by atoms with Crippen molar-refractivity contribution in [2.75, 3.05) is 46.4 Å². The van der Waals surface area contributed by atoms with Gasteiger partial charge in [0, 0.05) is 39.4 Å². The number of carbonyl (C=O) groups excluding carboxylic acids is 1. The van der Waals surface area contributed by atoms with Crippen LogP contribution in [0.1, 0.15) is 12.8 Å². The molecule has 0 radical (unpaired) electrons. The number of nitrogens with zero attached hydrogens (tertiary/aromatic N) is 2. The van der Waals surface area contributed by atoms with Gasteiger partial charge in [-0.1, -0.05) is 0 Å². The number of rotatable bonds is 1. The number of likely N-dealkylation sites (N-methyl/N-ethyl adjacent to an activating group) is 1. The van der Waals surface area contributed by atoms with Gasteiger partial charge in [0.25, 0.3) is 0 Å². The zero-order chi connectivity index (χ0) is 11.6. The molecule has 5 nitrogen and oxygen atoms in total. The predicted molar refractivity (Wildman–Crippen MR) is 68.3 cm³/mol. The van der Waals surface area contributed by atoms with E-state index < -0.39 is 5.54 Å². The lowest BCUT2D eigenvalue weighted by Gasteiger charge is -2.40. The van der Waals surface area contributed by atoms with Crippen molar-refractivity contribution in [1.82, 2.24) is 9.80 Å². The molecule has 0 unspecified atom stereocenters. The fourth-order valence-electron chi connectivity index (χ4n) is 2.27. The van der Waals surface area contributed by atoms with Gasteiger partial charge in [0.15, 0.2) is 0 Å². The number of ether oxygens (including phenoxy) is 1. The Morgan fingerprint density at radius 2 is 1.71 bits per heavy atom. The van der Waals surface area contributed by atoms with E-state index in [1.807, 2.05) is 4.90 Å². The first-order valence-electron chi connectivity index (χ1n) is 5.96. The summed E-state index contributed by atoms with van der Waals surface area (Å²) < 4.78 is 5.26. The number of carbonyl (C=O) groups is 1. The molecule has 2 fully saturated rings. The molecule has 0 aromatic heterocycles. The summed E-state index contributed by atoms with van der Waals surface area (Å²) in [5.74, 6) is 0.115. The largest absolute Gasteiger partial charge is 0.381 e. The molecule has 0 aromatic rings. The van der Waals surface area contributed by atoms with Crippen LogP contribution in [0.25, 0.3) is 0 Å². The normalized spacial score (nSPS) is 25.2. The van der Waals surface area contributed by atoms with Crippen LogP contribution >= 0.6 is 12.4 Å². The Bertz CT molecular complexity index is 261. The molecule has 0 aromatic carbocycles. The molecule has 0 aliphatic carbocycles. The molecule has 6 heteroatoms. The fourth-order valence-corrected chi connectivity index (χ4v) is 2.27. The molecular formula is C11H22ClN3O2. The summed E-state index contributed by atoms with van der Waals surface area (Å²) in [6, 6.07) is 0. The van der Waals surface area contributed by atoms with Gasteiger partial charge < -0.3 is 20.3 Å². The highest BCUT2D eigenvalue weighted by atomic mass is 35.5. The molecule has 0 saturated carbocycles. The minimum absolute atomic E-state index is 0. The third kappa shape index (κ3) is 3.31. The summed E-state index contributed by atoms with van der Waals surface area (Å²) in [6.07, 6.45) is 1.30. The van der Waals surface area contributed by atoms with Gasteiger partial charge >= 0.3 is 0 Å². The van der Waals surface area contributed by atoms with E-state index in [4.69, 9.17) is 10.5 Å². The van der Waals surface area contributed by atoms with Crippen LogP contribution in [0.3, 0.4) is 0 Å². The van der Waals surface area contributed by atoms with Crippen LogP contribution < -0.4 is 5.73 Å². The Labute approximate surface area is 109 Å². The maximum absolute atomic E-state index is 12.3. The first-order valence-corrected chi connectivity index (χ1v) is 5.96. The van der Waals surface area contributed by atoms with Crippen LogP contribution in [0.5, 0.6) is 0 Å². The maximum atomic E-state index is 12.3. The van der Waals surface area contributed by atoms with Crippen molar-refractivity contribution in [3.05, 3.63) is 0 Å². The molecule has 2 aliphatic heterocycles. The lowest BCUT2D eigenvalue weighted by molar-refractivity contribution is -0.142. The van der Waals surface area contributed by atoms with Crippen molar-refractivity contribution in [3.8, 4) is 0 Å². The van der Waals surface area contributed by atoms with Gasteiger partial charge in [-0.25, -0.2) is 0 Å². The number of hydrogen-bond acceptors (Lipinski definition) is 4. The molecular weight excluding hydrogens is 242 g/mol. The van der Waals surface area contributed by atoms with E-state index >= 15 is 0 Å². The molecule has 0 atom stereocenters. The lowest BCUT2D eigenvalue weighted by atomic mass is 9.89. The van der Waals surface area contributed by atoms with E-state index in [2.05, 4.69) is 11.9 Å². The first-order chi connectivity index (χ1) is 7.62. The Hall–Kier alpha value is -0.360. The fraction of sp³-hybridized carbons (Fsp3) is 0.909. The van der Waals surface area contributed by atoms with Crippen molar-refractivity contribution < 1.29 is 9.53 Å². The Kier molecular flexibility index (Phi) is 5.19. The van der Waals surface area contributed by atoms with Crippen molar-refractivity contribution in [2.24, 2.45) is 5.73 Å². The maximum Gasteiger partial charge on any atom is 0.242 e. The Balaban J connectivity index is 0.00000144. The average Bonchev–Trinajstić information content (AvgIpc) is 2.30. The summed E-state index contributed by atoms with van der Waals surface area (Å²) in [6.45, 7) is 4.70. The molecule has 2 N–H and O–H groups in total. The molecule has 2 rings (SSSR count). The summed E-state index contributed by atoms with van der Waals surface area (Å²) in [5, 5.41) is 0. The molecule has 0 spiro atoms. The number of halogens is 1. The highest BCUT2D eigenvalue weighted by Gasteiger charge is 2.39. The van der Waals surface area contributed by atoms with E-state index in [-0.39, 0.29) is 18.3 Å². The molecule has 2 aliphatic rings. The van der Waals surface area contributed by atoms with Crippen LogP contribution in [0.4, 0.5) is 0 Å². The van der Waals surface area contributed by atoms with Gasteiger partial charge in [0.05, 0.1) is 5.54 Å². The predicted octanol–water partition coefficient (Wildman–Crippen LogP) is -0.310. The molecule has 17 heavy (non-hydrogen) atoms. The average molecular weight is 264 g/mol. The van der Waals surface area contributed by atoms with Gasteiger partial charge in [0.1, 0.15) is 0 Å². The number of hydrogen-bond donors (Lipinski definition) is 1. The summed E-state index contributed by atoms with van der Waals surface area (Å²) in [5.41, 5.74) is 5.51. The third-order valence-electron chi connectivity index (χ3n) is 3.60. The summed E-state index contributed by atoms with van der Waals surface area (Å²) >= 11 is 0. The second kappa shape index (κ2) is 6.00. The SMILES string of the molecule is CN1CCN(C(=O)C2(N)CCOCC2)CC1.Cl. The molecule has 2 heterocycles. The smallest absolute Gasteiger partial charge is 0.242 e. The quantitative estimate of drug-likeness (QED) is 0.705. The van der Waals surface area contributed by atoms with Gasteiger partial charge in [-0.15, -0.1) is 12.4 Å². The van der Waals surface area contributed by atoms with Crippen molar-refractivity contribution in [1.29, 1.82) is 0 Å². The van der Waals surface area contributed by atoms with Gasteiger partial charge in [-0.05, 0) is 19.9 Å². The molecule has 1 amide bonds. The molecule has 0 bridgehead atoms. The minimum atomic E-state index is -0.672. The van der Waals surface area contributed by atoms with E-state index in [1.165, 1.54) is 0 Å². The van der Waals surface area contributed by atoms with Crippen molar-refractivity contribution in [3.63, 3.8) is 0 Å². The van der Waals surface area contributed by atoms with Gasteiger partial charge in [0.2, 0.25) is 5.91 Å². The van der Waals surface area contributed by atoms with Crippen LogP contribution in [0, 0.1) is 0 Å². The Morgan fingerprint density at radius 1 is 1.18 bits per heavy atom. The van der Waals surface area contributed by atoms with E-state index in [9.17, 15) is 4.79 Å². The van der Waals surface area contributed by atoms with Crippen LogP contribution in [0.2, 0.25) is 0 Å². The first kappa shape index (κ1) is 14.7. The monoisotopic (exact) mass is 263 g/mol. The standard InChI is InChI=1S/C11H21N3O2.ClH/c1-13-4-6-14(7-5-13)10(15)11(12)2-8-16-9-3-11;/h2-9,12H2,1H3;1H. The van der Waals surface area contributed by atoms with Crippen LogP contribution in [0.15, 0.2) is 0 Å². The number of nitrogens with two attached hydrogens (primary N) is 1. The van der Waals surface area contributed by atoms with Gasteiger partial charge in [-0.3, -0.25) is 4.79 Å². The van der Waals surface area contributed by atoms with Crippen molar-refractivity contribution in [2.45, 2.75) is 18.4 Å². The minimum Gasteiger partial charge on any atom is -0.381 e. The van der Waals surface area contributed by atoms with E-state index in [1.54, 1.807) is 0 Å². The molecule has 100 valence electrons. The van der Waals surface area contributed by atoms with Crippen molar-refractivity contribution >= 4 is 18.3 Å². The van der Waals surface area contributed by atoms with Crippen LogP contribution in [-0.2, 0) is 9.53 Å². The highest BCUT2D eigenvalue weighted by molar-refractivity contribution is 5.86. The lowest BCUT2D eigenvalue weighted by Crippen LogP contribution is -2.61. The zero-order valence-electron chi connectivity index (χ0n) is 10.4. The number of amides is 1. The topological polar surface area (TPSA) is 58.8 Å².